The summed E-state index contributed by atoms with van der Waals surface area (Å²) in [5.41, 5.74) is 6.95. The molecule has 7 aliphatic rings. The summed E-state index contributed by atoms with van der Waals surface area (Å²) in [6.45, 7) is 3.98. The molecular weight excluding hydrogens is 418 g/mol. The summed E-state index contributed by atoms with van der Waals surface area (Å²) in [5.74, 6) is 1.61. The average molecular weight is 456 g/mol. The number of carbonyl (C=O) groups excluding carboxylic acids is 2. The Morgan fingerprint density at radius 2 is 2.03 bits per heavy atom. The van der Waals surface area contributed by atoms with Gasteiger partial charge in [0.2, 0.25) is 5.91 Å². The Kier molecular flexibility index (Phi) is 5.20. The van der Waals surface area contributed by atoms with Crippen LogP contribution in [0.25, 0.3) is 0 Å². The van der Waals surface area contributed by atoms with Crippen molar-refractivity contribution >= 4 is 11.9 Å². The maximum absolute atomic E-state index is 13.6. The van der Waals surface area contributed by atoms with Crippen molar-refractivity contribution in [3.8, 4) is 6.07 Å². The van der Waals surface area contributed by atoms with Crippen LogP contribution in [0, 0.1) is 34.5 Å². The summed E-state index contributed by atoms with van der Waals surface area (Å²) in [5, 5.41) is 12.8. The van der Waals surface area contributed by atoms with Gasteiger partial charge in [-0.1, -0.05) is 0 Å². The van der Waals surface area contributed by atoms with Crippen molar-refractivity contribution in [2.24, 2.45) is 28.9 Å². The molecule has 3 unspecified atom stereocenters. The fraction of sp³-hybridized carbons (Fsp3) is 0.800. The van der Waals surface area contributed by atoms with Crippen LogP contribution in [0.3, 0.4) is 0 Å². The van der Waals surface area contributed by atoms with Gasteiger partial charge in [0.15, 0.2) is 0 Å². The number of hydrogen-bond donors (Lipinski definition) is 2. The molecule has 7 rings (SSSR count). The van der Waals surface area contributed by atoms with Gasteiger partial charge in [-0.15, -0.1) is 0 Å². The van der Waals surface area contributed by atoms with E-state index in [2.05, 4.69) is 11.4 Å². The number of piperidine rings is 1. The summed E-state index contributed by atoms with van der Waals surface area (Å²) < 4.78 is 6.12. The lowest BCUT2D eigenvalue weighted by Crippen LogP contribution is -2.65. The fourth-order valence-electron chi connectivity index (χ4n) is 7.62. The van der Waals surface area contributed by atoms with Gasteiger partial charge in [-0.3, -0.25) is 9.69 Å². The number of nitrogens with one attached hydrogen (secondary N) is 1. The molecule has 0 aromatic rings. The van der Waals surface area contributed by atoms with E-state index in [1.807, 2.05) is 39.9 Å². The molecule has 1 saturated heterocycles. The minimum Gasteiger partial charge on any atom is -0.430 e. The molecule has 1 heterocycles. The van der Waals surface area contributed by atoms with Gasteiger partial charge >= 0.3 is 5.97 Å². The van der Waals surface area contributed by atoms with Crippen LogP contribution in [-0.4, -0.2) is 72.5 Å². The van der Waals surface area contributed by atoms with Crippen molar-refractivity contribution < 1.29 is 14.3 Å². The largest absolute Gasteiger partial charge is 0.430 e. The van der Waals surface area contributed by atoms with Crippen LogP contribution in [0.4, 0.5) is 0 Å². The Labute approximate surface area is 196 Å². The highest BCUT2D eigenvalue weighted by atomic mass is 16.5. The number of amides is 1. The van der Waals surface area contributed by atoms with Gasteiger partial charge in [0.05, 0.1) is 12.1 Å². The van der Waals surface area contributed by atoms with Crippen molar-refractivity contribution in [2.45, 2.75) is 82.1 Å². The highest BCUT2D eigenvalue weighted by Crippen LogP contribution is 2.68. The van der Waals surface area contributed by atoms with Crippen molar-refractivity contribution in [2.75, 3.05) is 21.1 Å². The number of rotatable bonds is 7. The number of nitrogens with zero attached hydrogens (tertiary/aromatic N) is 3. The third kappa shape index (κ3) is 3.27. The maximum Gasteiger partial charge on any atom is 0.330 e. The number of nitrogens with two attached hydrogens (primary N) is 1. The van der Waals surface area contributed by atoms with Crippen LogP contribution < -0.4 is 11.1 Å². The summed E-state index contributed by atoms with van der Waals surface area (Å²) in [4.78, 5) is 30.6. The summed E-state index contributed by atoms with van der Waals surface area (Å²) in [6, 6.07) is 1.02. The second kappa shape index (κ2) is 7.53. The second-order valence-electron chi connectivity index (χ2n) is 11.8. The van der Waals surface area contributed by atoms with Crippen molar-refractivity contribution in [3.63, 3.8) is 0 Å². The summed E-state index contributed by atoms with van der Waals surface area (Å²) >= 11 is 0. The third-order valence-electron chi connectivity index (χ3n) is 9.26. The molecule has 0 aromatic carbocycles. The minimum absolute atomic E-state index is 0.0850. The molecule has 1 amide bonds. The number of esters is 1. The topological polar surface area (TPSA) is 112 Å². The van der Waals surface area contributed by atoms with E-state index >= 15 is 0 Å². The van der Waals surface area contributed by atoms with Gasteiger partial charge < -0.3 is 20.7 Å². The van der Waals surface area contributed by atoms with Crippen LogP contribution in [0.15, 0.2) is 11.3 Å². The zero-order chi connectivity index (χ0) is 23.9. The Bertz CT molecular complexity index is 952. The van der Waals surface area contributed by atoms with Crippen LogP contribution >= 0.6 is 0 Å². The van der Waals surface area contributed by atoms with Gasteiger partial charge in [0.1, 0.15) is 17.8 Å². The number of hydrogen-bond acceptors (Lipinski definition) is 7. The Balaban J connectivity index is 1.41. The first-order valence-corrected chi connectivity index (χ1v) is 12.3. The summed E-state index contributed by atoms with van der Waals surface area (Å²) in [6.07, 6.45) is 5.36. The van der Waals surface area contributed by atoms with E-state index in [1.54, 1.807) is 4.90 Å². The van der Waals surface area contributed by atoms with Gasteiger partial charge in [0, 0.05) is 23.4 Å². The smallest absolute Gasteiger partial charge is 0.330 e. The van der Waals surface area contributed by atoms with Gasteiger partial charge in [-0.2, -0.15) is 5.26 Å². The highest BCUT2D eigenvalue weighted by Gasteiger charge is 2.65. The van der Waals surface area contributed by atoms with Crippen molar-refractivity contribution in [1.29, 1.82) is 5.26 Å². The van der Waals surface area contributed by atoms with E-state index in [-0.39, 0.29) is 24.0 Å². The molecule has 5 fully saturated rings. The standard InChI is InChI=1S/C25H37N5O3/c1-24(2,28-3)21(29(4)5)23(32)33-18-7-13-6-15-11-25(10-13,19(15)18)20(27)22(31)30-16(12-26)8-14-9-17(14)30/h13-17,20-21,28H,6-11,27H2,1-5H3/t13?,14-,15?,16+,17+,20-,21-,25?/m1/s1. The first kappa shape index (κ1) is 22.8. The molecule has 4 saturated carbocycles. The monoisotopic (exact) mass is 455 g/mol. The van der Waals surface area contributed by atoms with Crippen LogP contribution in [0.1, 0.15) is 52.4 Å². The van der Waals surface area contributed by atoms with E-state index < -0.39 is 23.0 Å². The molecule has 8 nitrogen and oxygen atoms in total. The first-order valence-electron chi connectivity index (χ1n) is 12.3. The van der Waals surface area contributed by atoms with Gasteiger partial charge in [-0.05, 0) is 90.4 Å². The lowest BCUT2D eigenvalue weighted by Gasteiger charge is -2.63. The molecule has 6 aliphatic carbocycles. The van der Waals surface area contributed by atoms with E-state index in [9.17, 15) is 14.9 Å². The minimum atomic E-state index is -0.672. The van der Waals surface area contributed by atoms with Crippen molar-refractivity contribution in [3.05, 3.63) is 11.3 Å². The molecule has 0 aromatic heterocycles. The molecule has 33 heavy (non-hydrogen) atoms. The quantitative estimate of drug-likeness (QED) is 0.558. The molecule has 8 heteroatoms. The normalized spacial score (nSPS) is 37.9. The van der Waals surface area contributed by atoms with Crippen LogP contribution in [0.2, 0.25) is 0 Å². The number of allylic oxidation sites excluding steroid dienone is 1. The molecule has 4 bridgehead atoms. The second-order valence-corrected chi connectivity index (χ2v) is 11.8. The Morgan fingerprint density at radius 3 is 2.64 bits per heavy atom. The average Bonchev–Trinajstić information content (AvgIpc) is 3.41. The number of fused-ring (bicyclic) bond motifs is 2. The first-order chi connectivity index (χ1) is 15.5. The molecule has 3 N–H and O–H groups in total. The van der Waals surface area contributed by atoms with Crippen LogP contribution in [0.5, 0.6) is 0 Å². The van der Waals surface area contributed by atoms with Crippen LogP contribution in [-0.2, 0) is 14.3 Å². The highest BCUT2D eigenvalue weighted by molar-refractivity contribution is 5.86. The lowest BCUT2D eigenvalue weighted by atomic mass is 9.42. The third-order valence-corrected chi connectivity index (χ3v) is 9.26. The number of ether oxygens (including phenoxy) is 1. The molecule has 0 radical (unpaired) electrons. The Morgan fingerprint density at radius 1 is 1.30 bits per heavy atom. The molecule has 1 aliphatic heterocycles. The predicted octanol–water partition coefficient (Wildman–Crippen LogP) is 1.37. The zero-order valence-corrected chi connectivity index (χ0v) is 20.4. The number of carbonyl (C=O) groups is 2. The van der Waals surface area contributed by atoms with Gasteiger partial charge in [-0.25, -0.2) is 4.79 Å². The molecule has 0 spiro atoms. The van der Waals surface area contributed by atoms with E-state index in [0.717, 1.165) is 49.9 Å². The van der Waals surface area contributed by atoms with E-state index in [4.69, 9.17) is 10.5 Å². The van der Waals surface area contributed by atoms with Gasteiger partial charge in [0.25, 0.3) is 0 Å². The summed E-state index contributed by atoms with van der Waals surface area (Å²) in [7, 11) is 5.62. The van der Waals surface area contributed by atoms with Crippen molar-refractivity contribution in [1.82, 2.24) is 15.1 Å². The fourth-order valence-corrected chi connectivity index (χ4v) is 7.62. The maximum atomic E-state index is 13.6. The molecular formula is C25H37N5O3. The zero-order valence-electron chi connectivity index (χ0n) is 20.4. The molecule has 8 atom stereocenters. The number of likely N-dealkylation sites (tertiary alicyclic amines) is 1. The number of likely N-dealkylation sites (N-methyl/N-ethyl adjacent to an activating group) is 2. The SMILES string of the molecule is CNC(C)(C)[C@@H](C(=O)OC1=C2C3CC(C1)CC2([C@H](N)C(=O)N1[C@H](C#N)C[C@@H]2C[C@@H]21)C3)N(C)C. The predicted molar refractivity (Wildman–Crippen MR) is 122 cm³/mol. The lowest BCUT2D eigenvalue weighted by molar-refractivity contribution is -0.150. The van der Waals surface area contributed by atoms with E-state index in [1.165, 1.54) is 0 Å². The van der Waals surface area contributed by atoms with E-state index in [0.29, 0.717) is 17.8 Å². The number of nitriles is 1. The molecule has 180 valence electrons. The Hall–Kier alpha value is -1.95.